The van der Waals surface area contributed by atoms with E-state index in [0.29, 0.717) is 122 Å². The first-order chi connectivity index (χ1) is 46.6. The molecule has 27 nitrogen and oxygen atoms in total. The third-order valence-electron chi connectivity index (χ3n) is 15.5. The Balaban J connectivity index is 1.43. The van der Waals surface area contributed by atoms with Crippen LogP contribution in [0.2, 0.25) is 0 Å². The minimum absolute atomic E-state index is 0.00184. The average molecular weight is 1390 g/mol. The van der Waals surface area contributed by atoms with E-state index in [2.05, 4.69) is 59.3 Å². The Bertz CT molecular complexity index is 2520. The van der Waals surface area contributed by atoms with E-state index >= 15 is 0 Å². The van der Waals surface area contributed by atoms with Crippen molar-refractivity contribution in [1.29, 1.82) is 0 Å². The lowest BCUT2D eigenvalue weighted by Gasteiger charge is -2.23. The van der Waals surface area contributed by atoms with Crippen LogP contribution in [-0.2, 0) is 76.2 Å². The van der Waals surface area contributed by atoms with Gasteiger partial charge in [-0.25, -0.2) is 22.0 Å². The van der Waals surface area contributed by atoms with E-state index in [-0.39, 0.29) is 186 Å². The molecular weight excluding hydrogens is 1290 g/mol. The Labute approximate surface area is 563 Å². The van der Waals surface area contributed by atoms with Crippen LogP contribution >= 0.6 is 12.6 Å². The molecule has 4 unspecified atom stereocenters. The topological polar surface area (TPSA) is 360 Å². The van der Waals surface area contributed by atoms with Crippen molar-refractivity contribution in [2.45, 2.75) is 146 Å². The van der Waals surface area contributed by atoms with Gasteiger partial charge < -0.3 is 69.2 Å². The molecule has 2 aliphatic carbocycles. The summed E-state index contributed by atoms with van der Waals surface area (Å²) in [6, 6.07) is -1.92. The summed E-state index contributed by atoms with van der Waals surface area (Å²) in [5.74, 6) is -12.6. The fourth-order valence-corrected chi connectivity index (χ4v) is 10.2. The summed E-state index contributed by atoms with van der Waals surface area (Å²) in [5, 5.41) is 21.0. The van der Waals surface area contributed by atoms with Crippen LogP contribution in [0, 0.1) is 46.8 Å². The number of halogens is 5. The number of carbonyl (C=O) groups is 7. The fourth-order valence-electron chi connectivity index (χ4n) is 10.0. The highest BCUT2D eigenvalue weighted by Crippen LogP contribution is 2.51. The Morgan fingerprint density at radius 2 is 0.875 bits per heavy atom. The van der Waals surface area contributed by atoms with Crippen LogP contribution < -0.4 is 26.6 Å². The van der Waals surface area contributed by atoms with Gasteiger partial charge in [-0.3, -0.25) is 33.6 Å². The first kappa shape index (κ1) is 84.4. The van der Waals surface area contributed by atoms with E-state index in [4.69, 9.17) is 53.7 Å². The second-order valence-corrected chi connectivity index (χ2v) is 23.4. The number of unbranched alkanes of at least 4 members (excludes halogenated alkanes) is 4. The number of ketones is 2. The quantitative estimate of drug-likeness (QED) is 0.00544. The van der Waals surface area contributed by atoms with Gasteiger partial charge in [0.25, 0.3) is 0 Å². The van der Waals surface area contributed by atoms with E-state index in [0.717, 1.165) is 19.3 Å². The highest BCUT2D eigenvalue weighted by atomic mass is 32.1. The van der Waals surface area contributed by atoms with Crippen LogP contribution in [-0.4, -0.2) is 211 Å². The molecule has 2 saturated carbocycles. The van der Waals surface area contributed by atoms with Gasteiger partial charge >= 0.3 is 0 Å². The molecule has 0 spiro atoms. The molecule has 33 heteroatoms. The molecule has 6 atom stereocenters. The number of carbonyl (C=O) groups excluding carboxylic acids is 7. The predicted octanol–water partition coefficient (Wildman–Crippen LogP) is 7.30. The van der Waals surface area contributed by atoms with E-state index in [1.165, 1.54) is 0 Å². The normalized spacial score (nSPS) is 16.0. The number of thiol groups is 1. The van der Waals surface area contributed by atoms with Gasteiger partial charge in [-0.15, -0.1) is 0 Å². The lowest BCUT2D eigenvalue weighted by Crippen LogP contribution is -2.51. The van der Waals surface area contributed by atoms with Gasteiger partial charge in [0.05, 0.1) is 105 Å². The van der Waals surface area contributed by atoms with E-state index in [9.17, 15) is 55.5 Å². The van der Waals surface area contributed by atoms with Crippen molar-refractivity contribution in [3.8, 4) is 0 Å². The van der Waals surface area contributed by atoms with Gasteiger partial charge in [0, 0.05) is 124 Å². The number of Topliss-reactive ketones (excluding diaryl/α,β-unsaturated/α-hetero) is 2. The molecule has 0 radical (unpaired) electrons. The van der Waals surface area contributed by atoms with Crippen LogP contribution in [0.5, 0.6) is 0 Å². The zero-order chi connectivity index (χ0) is 69.8. The van der Waals surface area contributed by atoms with E-state index < -0.39 is 70.4 Å². The minimum atomic E-state index is -2.24. The maximum atomic E-state index is 14.2. The molecule has 1 aromatic carbocycles. The summed E-state index contributed by atoms with van der Waals surface area (Å²) in [4.78, 5) is 96.7. The molecule has 544 valence electrons. The highest BCUT2D eigenvalue weighted by Gasteiger charge is 2.48. The number of nitrogens with one attached hydrogen (secondary N) is 5. The van der Waals surface area contributed by atoms with Crippen LogP contribution in [0.4, 0.5) is 22.0 Å². The van der Waals surface area contributed by atoms with Gasteiger partial charge in [-0.1, -0.05) is 16.6 Å². The highest BCUT2D eigenvalue weighted by molar-refractivity contribution is 7.80. The summed E-state index contributed by atoms with van der Waals surface area (Å²) >= 11 is 4.08. The Morgan fingerprint density at radius 1 is 0.438 bits per heavy atom. The lowest BCUT2D eigenvalue weighted by molar-refractivity contribution is -0.132. The molecule has 2 aliphatic rings. The van der Waals surface area contributed by atoms with Crippen molar-refractivity contribution < 1.29 is 98.1 Å². The predicted molar refractivity (Wildman–Crippen MR) is 344 cm³/mol. The maximum Gasteiger partial charge on any atom is 0.243 e. The molecule has 96 heavy (non-hydrogen) atoms. The van der Waals surface area contributed by atoms with Crippen molar-refractivity contribution >= 4 is 53.7 Å². The second kappa shape index (κ2) is 54.1. The van der Waals surface area contributed by atoms with Crippen LogP contribution in [0.25, 0.3) is 20.9 Å². The molecule has 0 aromatic heterocycles. The molecule has 1 aromatic rings. The Hall–Kier alpha value is -5.83. The van der Waals surface area contributed by atoms with Crippen molar-refractivity contribution in [3.05, 3.63) is 55.5 Å². The third-order valence-corrected chi connectivity index (χ3v) is 15.7. The van der Waals surface area contributed by atoms with Crippen molar-refractivity contribution in [2.75, 3.05) is 157 Å². The smallest absolute Gasteiger partial charge is 0.243 e. The van der Waals surface area contributed by atoms with Crippen LogP contribution in [0.15, 0.2) is 10.2 Å². The summed E-state index contributed by atoms with van der Waals surface area (Å²) < 4.78 is 118. The van der Waals surface area contributed by atoms with E-state index in [1.807, 2.05) is 0 Å². The Kier molecular flexibility index (Phi) is 47.6. The number of hydrogen-bond acceptors (Lipinski definition) is 19. The average Bonchev–Trinajstić information content (AvgIpc) is 1.59. The molecule has 0 bridgehead atoms. The van der Waals surface area contributed by atoms with Crippen LogP contribution in [0.3, 0.4) is 0 Å². The zero-order valence-electron chi connectivity index (χ0n) is 55.1. The number of amides is 5. The van der Waals surface area contributed by atoms with E-state index in [1.54, 1.807) is 0 Å². The largest absolute Gasteiger partial charge is 0.381 e. The van der Waals surface area contributed by atoms with Crippen molar-refractivity contribution in [3.63, 3.8) is 0 Å². The molecule has 0 saturated heterocycles. The van der Waals surface area contributed by atoms with Crippen molar-refractivity contribution in [1.82, 2.24) is 26.6 Å². The fraction of sp³-hybridized carbons (Fsp3) is 0.794. The number of hydrogen-bond donors (Lipinski definition) is 6. The van der Waals surface area contributed by atoms with Gasteiger partial charge in [0.15, 0.2) is 29.1 Å². The maximum absolute atomic E-state index is 14.2. The SMILES string of the molecule is [N-]=[N+]=NCCOCCOCCC(=O)NCCCC[C@H](NC(=O)[C@H](CCCCNC(=O)CCOCCOCCN=[N+]=[N-])NC(=O)CCCNC(=O)CCOCCOCCS)C(=O)CCCCCOCCC1CC1CCOCCOCCC(=O)C1CC1c1c(F)c(F)c(F)c(F)c1F. The molecule has 0 heterocycles. The molecule has 5 N–H and O–H groups in total. The standard InChI is InChI=1S/C63H100F5N11O16S/c64-58-57(59(65)61(67)62(68)60(58)66)48-44-47(48)51(80)15-27-89-34-33-88-26-14-46-43-45(46)13-25-87-24-7-1-2-11-52(81)49(9-3-5-19-71-53(82)16-28-90-35-38-93-31-22-74-78-69)77-63(86)50(10-4-6-20-72-54(83)17-29-91-36-39-94-32-23-75-79-70)76-56(85)12-8-21-73-55(84)18-30-92-37-40-95-41-42-96/h45-50,96H,1-44H2,(H,71,82)(H,72,83)(H,73,84)(H,76,85)(H,77,86)/t45?,46?,47?,48?,49-,50-/m0/s1. The molecule has 0 aliphatic heterocycles. The monoisotopic (exact) mass is 1390 g/mol. The number of benzene rings is 1. The molecule has 5 amide bonds. The second-order valence-electron chi connectivity index (χ2n) is 23.0. The van der Waals surface area contributed by atoms with Gasteiger partial charge in [0.1, 0.15) is 11.8 Å². The van der Waals surface area contributed by atoms with Crippen molar-refractivity contribution in [2.24, 2.45) is 28.0 Å². The molecule has 3 rings (SSSR count). The third kappa shape index (κ3) is 39.5. The number of azide groups is 2. The summed E-state index contributed by atoms with van der Waals surface area (Å²) in [7, 11) is 0. The Morgan fingerprint density at radius 3 is 1.38 bits per heavy atom. The number of ether oxygens (including phenoxy) is 9. The van der Waals surface area contributed by atoms with Crippen LogP contribution in [0.1, 0.15) is 140 Å². The molecule has 2 fully saturated rings. The van der Waals surface area contributed by atoms with Gasteiger partial charge in [-0.2, -0.15) is 12.6 Å². The minimum Gasteiger partial charge on any atom is -0.381 e. The summed E-state index contributed by atoms with van der Waals surface area (Å²) in [6.45, 7) is 6.74. The number of nitrogens with zero attached hydrogens (tertiary/aromatic N) is 6. The first-order valence-electron chi connectivity index (χ1n) is 33.4. The summed E-state index contributed by atoms with van der Waals surface area (Å²) in [5.41, 5.74) is 15.7. The lowest BCUT2D eigenvalue weighted by atomic mass is 9.99. The summed E-state index contributed by atoms with van der Waals surface area (Å²) in [6.07, 6.45) is 7.84. The van der Waals surface area contributed by atoms with Gasteiger partial charge in [-0.05, 0) is 106 Å². The first-order valence-corrected chi connectivity index (χ1v) is 34.0. The zero-order valence-corrected chi connectivity index (χ0v) is 56.0. The molecular formula is C63H100F5N11O16S. The number of rotatable bonds is 64. The van der Waals surface area contributed by atoms with Gasteiger partial charge in [0.2, 0.25) is 35.4 Å².